The Bertz CT molecular complexity index is 637. The van der Waals surface area contributed by atoms with Gasteiger partial charge in [0.05, 0.1) is 10.9 Å². The first-order valence-electron chi connectivity index (χ1n) is 6.56. The number of nitrogens with one attached hydrogen (secondary N) is 1. The number of nitriles is 1. The molecule has 0 amide bonds. The summed E-state index contributed by atoms with van der Waals surface area (Å²) in [6, 6.07) is 6.22. The van der Waals surface area contributed by atoms with Crippen LogP contribution in [0.25, 0.3) is 0 Å². The fraction of sp³-hybridized carbons (Fsp3) is 0.500. The second kappa shape index (κ2) is 5.80. The van der Waals surface area contributed by atoms with Crippen molar-refractivity contribution in [1.82, 2.24) is 0 Å². The highest BCUT2D eigenvalue weighted by Gasteiger charge is 2.29. The molecular weight excluding hydrogens is 279 g/mol. The van der Waals surface area contributed by atoms with Gasteiger partial charge in [-0.3, -0.25) is 0 Å². The average molecular weight is 296 g/mol. The van der Waals surface area contributed by atoms with E-state index in [2.05, 4.69) is 5.32 Å². The molecule has 0 aliphatic heterocycles. The quantitative estimate of drug-likeness (QED) is 0.930. The molecule has 1 saturated carbocycles. The number of sulfone groups is 1. The van der Waals surface area contributed by atoms with E-state index in [0.29, 0.717) is 18.5 Å². The number of hydrogen-bond acceptors (Lipinski definition) is 4. The molecule has 20 heavy (non-hydrogen) atoms. The summed E-state index contributed by atoms with van der Waals surface area (Å²) in [7, 11) is -3.05. The third-order valence-electron chi connectivity index (χ3n) is 3.72. The highest BCUT2D eigenvalue weighted by atomic mass is 32.2. The minimum atomic E-state index is -3.05. The topological polar surface area (TPSA) is 70.0 Å². The zero-order valence-electron chi connectivity index (χ0n) is 11.3. The van der Waals surface area contributed by atoms with Crippen molar-refractivity contribution in [2.24, 2.45) is 0 Å². The SMILES string of the molecule is CS(=O)(=O)[C@H]1CCC[C@@H](Nc2cccc(F)c2C#N)C1. The van der Waals surface area contributed by atoms with Gasteiger partial charge < -0.3 is 5.32 Å². The molecule has 1 fully saturated rings. The van der Waals surface area contributed by atoms with E-state index in [1.54, 1.807) is 6.07 Å². The lowest BCUT2D eigenvalue weighted by molar-refractivity contribution is 0.452. The molecule has 2 atom stereocenters. The van der Waals surface area contributed by atoms with Crippen molar-refractivity contribution >= 4 is 15.5 Å². The van der Waals surface area contributed by atoms with Crippen LogP contribution in [0.3, 0.4) is 0 Å². The van der Waals surface area contributed by atoms with Crippen LogP contribution in [-0.4, -0.2) is 26.0 Å². The van der Waals surface area contributed by atoms with Gasteiger partial charge in [-0.1, -0.05) is 12.5 Å². The van der Waals surface area contributed by atoms with E-state index >= 15 is 0 Å². The molecule has 0 saturated heterocycles. The summed E-state index contributed by atoms with van der Waals surface area (Å²) in [6.45, 7) is 0. The second-order valence-electron chi connectivity index (χ2n) is 5.23. The van der Waals surface area contributed by atoms with E-state index in [0.717, 1.165) is 12.8 Å². The highest BCUT2D eigenvalue weighted by molar-refractivity contribution is 7.91. The van der Waals surface area contributed by atoms with Crippen molar-refractivity contribution in [3.05, 3.63) is 29.6 Å². The molecule has 1 aromatic carbocycles. The Morgan fingerprint density at radius 2 is 2.15 bits per heavy atom. The number of rotatable bonds is 3. The molecule has 1 N–H and O–H groups in total. The van der Waals surface area contributed by atoms with Crippen molar-refractivity contribution in [1.29, 1.82) is 5.26 Å². The van der Waals surface area contributed by atoms with Gasteiger partial charge >= 0.3 is 0 Å². The molecule has 0 aromatic heterocycles. The van der Waals surface area contributed by atoms with Gasteiger partial charge in [-0.25, -0.2) is 12.8 Å². The van der Waals surface area contributed by atoms with Gasteiger partial charge in [0.15, 0.2) is 0 Å². The molecule has 1 aromatic rings. The van der Waals surface area contributed by atoms with Crippen LogP contribution in [-0.2, 0) is 9.84 Å². The Kier molecular flexibility index (Phi) is 4.29. The zero-order valence-corrected chi connectivity index (χ0v) is 12.1. The third-order valence-corrected chi connectivity index (χ3v) is 5.36. The highest BCUT2D eigenvalue weighted by Crippen LogP contribution is 2.28. The van der Waals surface area contributed by atoms with Crippen LogP contribution in [0.5, 0.6) is 0 Å². The maximum atomic E-state index is 13.5. The summed E-state index contributed by atoms with van der Waals surface area (Å²) in [5, 5.41) is 11.7. The minimum absolute atomic E-state index is 0.0195. The lowest BCUT2D eigenvalue weighted by Crippen LogP contribution is -2.34. The Morgan fingerprint density at radius 1 is 1.40 bits per heavy atom. The summed E-state index contributed by atoms with van der Waals surface area (Å²) in [4.78, 5) is 0. The maximum Gasteiger partial charge on any atom is 0.150 e. The standard InChI is InChI=1S/C14H17FN2O2S/c1-20(18,19)11-5-2-4-10(8-11)17-14-7-3-6-13(15)12(14)9-16/h3,6-7,10-11,17H,2,4-5,8H2,1H3/t10-,11+/m1/s1. The molecule has 0 unspecified atom stereocenters. The number of benzene rings is 1. The van der Waals surface area contributed by atoms with E-state index in [1.807, 2.05) is 6.07 Å². The summed E-state index contributed by atoms with van der Waals surface area (Å²) in [6.07, 6.45) is 4.06. The van der Waals surface area contributed by atoms with E-state index in [4.69, 9.17) is 5.26 Å². The van der Waals surface area contributed by atoms with Crippen LogP contribution < -0.4 is 5.32 Å². The van der Waals surface area contributed by atoms with Crippen LogP contribution in [0.4, 0.5) is 10.1 Å². The van der Waals surface area contributed by atoms with Crippen LogP contribution in [0, 0.1) is 17.1 Å². The van der Waals surface area contributed by atoms with E-state index < -0.39 is 15.7 Å². The Balaban J connectivity index is 2.15. The number of anilines is 1. The normalized spacial score (nSPS) is 23.1. The first kappa shape index (κ1) is 14.8. The smallest absolute Gasteiger partial charge is 0.150 e. The summed E-state index contributed by atoms with van der Waals surface area (Å²) >= 11 is 0. The van der Waals surface area contributed by atoms with Crippen molar-refractivity contribution in [3.8, 4) is 6.07 Å². The molecular formula is C14H17FN2O2S. The largest absolute Gasteiger partial charge is 0.381 e. The van der Waals surface area contributed by atoms with Crippen LogP contribution >= 0.6 is 0 Å². The summed E-state index contributed by atoms with van der Waals surface area (Å²) in [5.41, 5.74) is 0.417. The van der Waals surface area contributed by atoms with Crippen molar-refractivity contribution in [3.63, 3.8) is 0 Å². The predicted molar refractivity (Wildman–Crippen MR) is 75.6 cm³/mol. The minimum Gasteiger partial charge on any atom is -0.381 e. The van der Waals surface area contributed by atoms with Crippen molar-refractivity contribution in [2.75, 3.05) is 11.6 Å². The lowest BCUT2D eigenvalue weighted by atomic mass is 9.94. The molecule has 108 valence electrons. The Hall–Kier alpha value is -1.61. The van der Waals surface area contributed by atoms with Gasteiger partial charge in [-0.15, -0.1) is 0 Å². The van der Waals surface area contributed by atoms with E-state index in [9.17, 15) is 12.8 Å². The van der Waals surface area contributed by atoms with Crippen molar-refractivity contribution < 1.29 is 12.8 Å². The molecule has 0 bridgehead atoms. The average Bonchev–Trinajstić information content (AvgIpc) is 2.38. The first-order valence-corrected chi connectivity index (χ1v) is 8.51. The zero-order chi connectivity index (χ0) is 14.8. The molecule has 0 spiro atoms. The van der Waals surface area contributed by atoms with Gasteiger partial charge in [-0.05, 0) is 31.4 Å². The fourth-order valence-electron chi connectivity index (χ4n) is 2.64. The Labute approximate surface area is 118 Å². The third kappa shape index (κ3) is 3.28. The van der Waals surface area contributed by atoms with Crippen LogP contribution in [0.2, 0.25) is 0 Å². The molecule has 4 nitrogen and oxygen atoms in total. The van der Waals surface area contributed by atoms with Crippen LogP contribution in [0.15, 0.2) is 18.2 Å². The lowest BCUT2D eigenvalue weighted by Gasteiger charge is -2.29. The van der Waals surface area contributed by atoms with E-state index in [1.165, 1.54) is 18.4 Å². The van der Waals surface area contributed by atoms with Gasteiger partial charge in [-0.2, -0.15) is 5.26 Å². The monoisotopic (exact) mass is 296 g/mol. The van der Waals surface area contributed by atoms with Crippen LogP contribution in [0.1, 0.15) is 31.2 Å². The molecule has 0 heterocycles. The molecule has 2 rings (SSSR count). The molecule has 6 heteroatoms. The van der Waals surface area contributed by atoms with Gasteiger partial charge in [0, 0.05) is 12.3 Å². The molecule has 1 aliphatic carbocycles. The second-order valence-corrected chi connectivity index (χ2v) is 7.56. The van der Waals surface area contributed by atoms with Gasteiger partial charge in [0.25, 0.3) is 0 Å². The van der Waals surface area contributed by atoms with Gasteiger partial charge in [0.1, 0.15) is 27.3 Å². The summed E-state index contributed by atoms with van der Waals surface area (Å²) in [5.74, 6) is -0.562. The van der Waals surface area contributed by atoms with Gasteiger partial charge in [0.2, 0.25) is 0 Å². The fourth-order valence-corrected chi connectivity index (χ4v) is 3.82. The molecule has 0 radical (unpaired) electrons. The van der Waals surface area contributed by atoms with Crippen molar-refractivity contribution in [2.45, 2.75) is 37.0 Å². The predicted octanol–water partition coefficient (Wildman–Crippen LogP) is 2.47. The number of halogens is 1. The maximum absolute atomic E-state index is 13.5. The molecule has 1 aliphatic rings. The van der Waals surface area contributed by atoms with E-state index in [-0.39, 0.29) is 16.9 Å². The summed E-state index contributed by atoms with van der Waals surface area (Å²) < 4.78 is 36.8. The number of nitrogens with zero attached hydrogens (tertiary/aromatic N) is 1. The Morgan fingerprint density at radius 3 is 2.80 bits per heavy atom. The first-order chi connectivity index (χ1) is 9.41. The number of hydrogen-bond donors (Lipinski definition) is 1.